The van der Waals surface area contributed by atoms with E-state index in [1.54, 1.807) is 18.2 Å². The molecule has 5 rings (SSSR count). The Hall–Kier alpha value is -3.81. The SMILES string of the molecule is COC(=O)c1ccc2c(c1)NC(=O)C2C(=Nc1ccc(CN2CCOCC2)cc1)c1ccccc1. The van der Waals surface area contributed by atoms with Crippen molar-refractivity contribution in [1.82, 2.24) is 4.90 Å². The summed E-state index contributed by atoms with van der Waals surface area (Å²) in [6, 6.07) is 23.0. The van der Waals surface area contributed by atoms with Crippen molar-refractivity contribution in [1.29, 1.82) is 0 Å². The molecular weight excluding hydrogens is 442 g/mol. The summed E-state index contributed by atoms with van der Waals surface area (Å²) in [7, 11) is 1.34. The van der Waals surface area contributed by atoms with Gasteiger partial charge in [-0.05, 0) is 41.0 Å². The topological polar surface area (TPSA) is 80.2 Å². The predicted octanol–water partition coefficient (Wildman–Crippen LogP) is 4.16. The van der Waals surface area contributed by atoms with Crippen LogP contribution < -0.4 is 5.32 Å². The van der Waals surface area contributed by atoms with Gasteiger partial charge in [-0.3, -0.25) is 14.7 Å². The Labute approximate surface area is 204 Å². The average Bonchev–Trinajstić information content (AvgIpc) is 3.23. The molecule has 0 aromatic heterocycles. The van der Waals surface area contributed by atoms with E-state index < -0.39 is 11.9 Å². The fourth-order valence-corrected chi connectivity index (χ4v) is 4.52. The third-order valence-corrected chi connectivity index (χ3v) is 6.34. The highest BCUT2D eigenvalue weighted by Gasteiger charge is 2.36. The summed E-state index contributed by atoms with van der Waals surface area (Å²) in [5.41, 5.74) is 5.31. The quantitative estimate of drug-likeness (QED) is 0.433. The molecule has 0 saturated carbocycles. The number of anilines is 1. The van der Waals surface area contributed by atoms with E-state index in [-0.39, 0.29) is 5.91 Å². The van der Waals surface area contributed by atoms with Gasteiger partial charge in [0.1, 0.15) is 5.92 Å². The average molecular weight is 470 g/mol. The molecule has 1 saturated heterocycles. The lowest BCUT2D eigenvalue weighted by atomic mass is 9.90. The van der Waals surface area contributed by atoms with Gasteiger partial charge in [-0.2, -0.15) is 0 Å². The first-order chi connectivity index (χ1) is 17.1. The minimum absolute atomic E-state index is 0.173. The predicted molar refractivity (Wildman–Crippen MR) is 134 cm³/mol. The van der Waals surface area contributed by atoms with Crippen molar-refractivity contribution >= 4 is 29.0 Å². The van der Waals surface area contributed by atoms with E-state index in [1.807, 2.05) is 42.5 Å². The van der Waals surface area contributed by atoms with Gasteiger partial charge in [0.2, 0.25) is 5.91 Å². The summed E-state index contributed by atoms with van der Waals surface area (Å²) in [4.78, 5) is 32.4. The molecule has 3 aromatic carbocycles. The molecule has 35 heavy (non-hydrogen) atoms. The number of methoxy groups -OCH3 is 1. The van der Waals surface area contributed by atoms with Crippen molar-refractivity contribution in [2.45, 2.75) is 12.5 Å². The highest BCUT2D eigenvalue weighted by Crippen LogP contribution is 2.37. The van der Waals surface area contributed by atoms with Crippen LogP contribution in [0.4, 0.5) is 11.4 Å². The number of esters is 1. The van der Waals surface area contributed by atoms with Gasteiger partial charge in [-0.15, -0.1) is 0 Å². The number of benzene rings is 3. The van der Waals surface area contributed by atoms with E-state index in [4.69, 9.17) is 14.5 Å². The Bertz CT molecular complexity index is 1250. The van der Waals surface area contributed by atoms with Gasteiger partial charge in [-0.1, -0.05) is 48.5 Å². The Morgan fingerprint density at radius 1 is 1.03 bits per heavy atom. The van der Waals surface area contributed by atoms with Gasteiger partial charge < -0.3 is 14.8 Å². The van der Waals surface area contributed by atoms with Crippen LogP contribution in [0.15, 0.2) is 77.8 Å². The third kappa shape index (κ3) is 5.01. The molecule has 1 atom stereocenters. The van der Waals surface area contributed by atoms with E-state index in [2.05, 4.69) is 22.3 Å². The molecule has 7 heteroatoms. The van der Waals surface area contributed by atoms with Crippen LogP contribution >= 0.6 is 0 Å². The summed E-state index contributed by atoms with van der Waals surface area (Å²) in [5, 5.41) is 2.91. The molecule has 2 aliphatic heterocycles. The van der Waals surface area contributed by atoms with Crippen LogP contribution in [0.3, 0.4) is 0 Å². The van der Waals surface area contributed by atoms with Crippen LogP contribution in [0.25, 0.3) is 0 Å². The highest BCUT2D eigenvalue weighted by molar-refractivity contribution is 6.24. The Balaban J connectivity index is 1.47. The Morgan fingerprint density at radius 2 is 1.77 bits per heavy atom. The van der Waals surface area contributed by atoms with Crippen LogP contribution in [-0.4, -0.2) is 55.9 Å². The van der Waals surface area contributed by atoms with Gasteiger partial charge in [0.25, 0.3) is 0 Å². The number of carbonyl (C=O) groups excluding carboxylic acids is 2. The van der Waals surface area contributed by atoms with Crippen molar-refractivity contribution in [3.63, 3.8) is 0 Å². The standard InChI is InChI=1S/C28H27N3O4/c1-34-28(33)21-9-12-23-24(17-21)30-27(32)25(23)26(20-5-3-2-4-6-20)29-22-10-7-19(8-11-22)18-31-13-15-35-16-14-31/h2-12,17,25H,13-16,18H2,1H3,(H,30,32). The first-order valence-corrected chi connectivity index (χ1v) is 11.7. The van der Waals surface area contributed by atoms with Crippen molar-refractivity contribution in [3.05, 3.63) is 95.1 Å². The fraction of sp³-hybridized carbons (Fsp3) is 0.250. The van der Waals surface area contributed by atoms with Crippen LogP contribution in [0.1, 0.15) is 33.0 Å². The number of rotatable bonds is 6. The molecule has 0 radical (unpaired) electrons. The zero-order valence-corrected chi connectivity index (χ0v) is 19.6. The number of carbonyl (C=O) groups is 2. The van der Waals surface area contributed by atoms with Crippen LogP contribution in [-0.2, 0) is 20.8 Å². The maximum Gasteiger partial charge on any atom is 0.337 e. The molecule has 178 valence electrons. The molecule has 1 fully saturated rings. The maximum absolute atomic E-state index is 13.1. The molecule has 0 aliphatic carbocycles. The molecule has 7 nitrogen and oxygen atoms in total. The van der Waals surface area contributed by atoms with Gasteiger partial charge in [0, 0.05) is 25.3 Å². The highest BCUT2D eigenvalue weighted by atomic mass is 16.5. The first-order valence-electron chi connectivity index (χ1n) is 11.7. The monoisotopic (exact) mass is 469 g/mol. The van der Waals surface area contributed by atoms with Gasteiger partial charge in [-0.25, -0.2) is 4.79 Å². The summed E-state index contributed by atoms with van der Waals surface area (Å²) in [6.07, 6.45) is 0. The molecular formula is C28H27N3O4. The van der Waals surface area contributed by atoms with E-state index in [9.17, 15) is 9.59 Å². The van der Waals surface area contributed by atoms with E-state index in [0.717, 1.165) is 49.7 Å². The largest absolute Gasteiger partial charge is 0.465 e. The second kappa shape index (κ2) is 10.2. The molecule has 0 spiro atoms. The molecule has 1 amide bonds. The van der Waals surface area contributed by atoms with Crippen LogP contribution in [0.5, 0.6) is 0 Å². The van der Waals surface area contributed by atoms with Crippen molar-refractivity contribution in [3.8, 4) is 0 Å². The number of aliphatic imine (C=N–C) groups is 1. The second-order valence-corrected chi connectivity index (χ2v) is 8.63. The second-order valence-electron chi connectivity index (χ2n) is 8.63. The molecule has 0 bridgehead atoms. The van der Waals surface area contributed by atoms with Gasteiger partial charge in [0.15, 0.2) is 0 Å². The number of fused-ring (bicyclic) bond motifs is 1. The zero-order chi connectivity index (χ0) is 24.2. The van der Waals surface area contributed by atoms with Crippen molar-refractivity contribution in [2.75, 3.05) is 38.7 Å². The molecule has 1 N–H and O–H groups in total. The summed E-state index contributed by atoms with van der Waals surface area (Å²) >= 11 is 0. The zero-order valence-electron chi connectivity index (χ0n) is 19.6. The number of morpholine rings is 1. The molecule has 3 aromatic rings. The summed E-state index contributed by atoms with van der Waals surface area (Å²) in [5.74, 6) is -1.21. The molecule has 2 aliphatic rings. The number of hydrogen-bond donors (Lipinski definition) is 1. The lowest BCUT2D eigenvalue weighted by Gasteiger charge is -2.26. The minimum atomic E-state index is -0.591. The number of ether oxygens (including phenoxy) is 2. The van der Waals surface area contributed by atoms with Gasteiger partial charge in [0.05, 0.1) is 37.3 Å². The minimum Gasteiger partial charge on any atom is -0.465 e. The fourth-order valence-electron chi connectivity index (χ4n) is 4.52. The van der Waals surface area contributed by atoms with Gasteiger partial charge >= 0.3 is 5.97 Å². The lowest BCUT2D eigenvalue weighted by molar-refractivity contribution is -0.115. The smallest absolute Gasteiger partial charge is 0.337 e. The normalized spacial score (nSPS) is 18.1. The molecule has 1 unspecified atom stereocenters. The summed E-state index contributed by atoms with van der Waals surface area (Å²) in [6.45, 7) is 4.29. The van der Waals surface area contributed by atoms with E-state index in [1.165, 1.54) is 12.7 Å². The third-order valence-electron chi connectivity index (χ3n) is 6.34. The molecule has 2 heterocycles. The summed E-state index contributed by atoms with van der Waals surface area (Å²) < 4.78 is 10.3. The van der Waals surface area contributed by atoms with Crippen LogP contribution in [0, 0.1) is 0 Å². The van der Waals surface area contributed by atoms with E-state index >= 15 is 0 Å². The Kier molecular flexibility index (Phi) is 6.70. The maximum atomic E-state index is 13.1. The Morgan fingerprint density at radius 3 is 2.49 bits per heavy atom. The number of nitrogens with zero attached hydrogens (tertiary/aromatic N) is 2. The lowest BCUT2D eigenvalue weighted by Crippen LogP contribution is -2.35. The number of nitrogens with one attached hydrogen (secondary N) is 1. The number of amides is 1. The van der Waals surface area contributed by atoms with Crippen molar-refractivity contribution in [2.24, 2.45) is 4.99 Å². The first kappa shape index (κ1) is 23.0. The van der Waals surface area contributed by atoms with E-state index in [0.29, 0.717) is 17.0 Å². The number of hydrogen-bond acceptors (Lipinski definition) is 6. The van der Waals surface area contributed by atoms with Crippen molar-refractivity contribution < 1.29 is 19.1 Å². The van der Waals surface area contributed by atoms with Crippen LogP contribution in [0.2, 0.25) is 0 Å².